The van der Waals surface area contributed by atoms with Gasteiger partial charge in [0.1, 0.15) is 16.7 Å². The largest absolute Gasteiger partial charge is 0.459 e. The molecule has 1 aliphatic rings. The van der Waals surface area contributed by atoms with Crippen LogP contribution < -0.4 is 5.32 Å². The predicted octanol–water partition coefficient (Wildman–Crippen LogP) is 3.85. The van der Waals surface area contributed by atoms with Crippen molar-refractivity contribution in [2.45, 2.75) is 26.4 Å². The monoisotopic (exact) mass is 427 g/mol. The molecule has 8 heteroatoms. The number of benzene rings is 1. The molecule has 3 aromatic rings. The van der Waals surface area contributed by atoms with E-state index in [4.69, 9.17) is 4.42 Å². The van der Waals surface area contributed by atoms with E-state index in [9.17, 15) is 9.59 Å². The lowest BCUT2D eigenvalue weighted by molar-refractivity contribution is -0.124. The molecule has 3 heterocycles. The molecule has 2 amide bonds. The number of furan rings is 1. The fourth-order valence-corrected chi connectivity index (χ4v) is 5.28. The average molecular weight is 428 g/mol. The lowest BCUT2D eigenvalue weighted by atomic mass is 10.2. The number of hydrogen-bond donors (Lipinski definition) is 1. The summed E-state index contributed by atoms with van der Waals surface area (Å²) in [4.78, 5) is 32.6. The van der Waals surface area contributed by atoms with Crippen LogP contribution in [0.25, 0.3) is 10.8 Å². The van der Waals surface area contributed by atoms with Gasteiger partial charge in [0.05, 0.1) is 11.6 Å². The van der Waals surface area contributed by atoms with Gasteiger partial charge in [-0.3, -0.25) is 9.59 Å². The first-order valence-corrected chi connectivity index (χ1v) is 11.2. The van der Waals surface area contributed by atoms with Crippen LogP contribution in [0.5, 0.6) is 0 Å². The Balaban J connectivity index is 1.47. The van der Waals surface area contributed by atoms with Crippen molar-refractivity contribution in [3.8, 4) is 10.8 Å². The molecule has 1 atom stereocenters. The summed E-state index contributed by atoms with van der Waals surface area (Å²) >= 11 is 2.89. The summed E-state index contributed by atoms with van der Waals surface area (Å²) in [5, 5.41) is 3.63. The normalized spacial score (nSPS) is 16.2. The van der Waals surface area contributed by atoms with Crippen LogP contribution in [0.3, 0.4) is 0 Å². The SMILES string of the molecule is Cc1ccc(-c2nc(C)c(C(=O)N3CSCC3C(=O)NCc3ccccc3)s2)o1. The van der Waals surface area contributed by atoms with Gasteiger partial charge < -0.3 is 14.6 Å². The molecule has 29 heavy (non-hydrogen) atoms. The van der Waals surface area contributed by atoms with Gasteiger partial charge in [0.2, 0.25) is 5.91 Å². The zero-order valence-corrected chi connectivity index (χ0v) is 17.8. The van der Waals surface area contributed by atoms with Gasteiger partial charge in [-0.25, -0.2) is 4.98 Å². The van der Waals surface area contributed by atoms with Crippen LogP contribution in [-0.2, 0) is 11.3 Å². The molecule has 1 aromatic carbocycles. The highest BCUT2D eigenvalue weighted by Gasteiger charge is 2.36. The number of thioether (sulfide) groups is 1. The molecule has 0 spiro atoms. The number of aromatic nitrogens is 1. The molecule has 2 aromatic heterocycles. The second-order valence-corrected chi connectivity index (χ2v) is 8.84. The molecule has 1 saturated heterocycles. The third kappa shape index (κ3) is 4.23. The van der Waals surface area contributed by atoms with E-state index in [1.807, 2.05) is 56.3 Å². The minimum absolute atomic E-state index is 0.128. The Labute approximate surface area is 177 Å². The van der Waals surface area contributed by atoms with Crippen LogP contribution in [0, 0.1) is 13.8 Å². The lowest BCUT2D eigenvalue weighted by Gasteiger charge is -2.22. The standard InChI is InChI=1S/C21H21N3O3S2/c1-13-8-9-17(27-13)20-23-14(2)18(29-20)21(26)24-12-28-11-16(24)19(25)22-10-15-6-4-3-5-7-15/h3-9,16H,10-12H2,1-2H3,(H,22,25). The van der Waals surface area contributed by atoms with Gasteiger partial charge in [0.15, 0.2) is 10.8 Å². The Bertz CT molecular complexity index is 1030. The highest BCUT2D eigenvalue weighted by molar-refractivity contribution is 7.99. The number of carbonyl (C=O) groups is 2. The Hall–Kier alpha value is -2.58. The average Bonchev–Trinajstić information content (AvgIpc) is 3.46. The predicted molar refractivity (Wildman–Crippen MR) is 115 cm³/mol. The van der Waals surface area contributed by atoms with Gasteiger partial charge in [-0.2, -0.15) is 0 Å². The van der Waals surface area contributed by atoms with Crippen LogP contribution in [0.1, 0.15) is 26.7 Å². The van der Waals surface area contributed by atoms with Crippen molar-refractivity contribution in [3.63, 3.8) is 0 Å². The molecule has 1 fully saturated rings. The summed E-state index contributed by atoms with van der Waals surface area (Å²) in [5.74, 6) is 2.26. The van der Waals surface area contributed by atoms with Gasteiger partial charge in [-0.05, 0) is 31.5 Å². The molecular weight excluding hydrogens is 406 g/mol. The Morgan fingerprint density at radius 1 is 1.21 bits per heavy atom. The molecular formula is C21H21N3O3S2. The molecule has 1 aliphatic heterocycles. The molecule has 150 valence electrons. The molecule has 4 rings (SSSR count). The van der Waals surface area contributed by atoms with Gasteiger partial charge in [-0.15, -0.1) is 23.1 Å². The maximum absolute atomic E-state index is 13.2. The van der Waals surface area contributed by atoms with E-state index in [-0.39, 0.29) is 11.8 Å². The second kappa shape index (κ2) is 8.42. The number of hydrogen-bond acceptors (Lipinski definition) is 6. The van der Waals surface area contributed by atoms with Crippen molar-refractivity contribution in [2.75, 3.05) is 11.6 Å². The Morgan fingerprint density at radius 3 is 2.72 bits per heavy atom. The highest BCUT2D eigenvalue weighted by atomic mass is 32.2. The first kappa shape index (κ1) is 19.7. The smallest absolute Gasteiger partial charge is 0.267 e. The Kier molecular flexibility index (Phi) is 5.73. The molecule has 0 saturated carbocycles. The summed E-state index contributed by atoms with van der Waals surface area (Å²) in [7, 11) is 0. The number of aryl methyl sites for hydroxylation is 2. The summed E-state index contributed by atoms with van der Waals surface area (Å²) in [6.45, 7) is 4.14. The van der Waals surface area contributed by atoms with Gasteiger partial charge in [0, 0.05) is 12.3 Å². The van der Waals surface area contributed by atoms with Crippen LogP contribution in [0.2, 0.25) is 0 Å². The number of nitrogens with one attached hydrogen (secondary N) is 1. The van der Waals surface area contributed by atoms with Crippen molar-refractivity contribution >= 4 is 34.9 Å². The van der Waals surface area contributed by atoms with E-state index in [1.54, 1.807) is 16.7 Å². The van der Waals surface area contributed by atoms with Crippen molar-refractivity contribution in [2.24, 2.45) is 0 Å². The summed E-state index contributed by atoms with van der Waals surface area (Å²) < 4.78 is 5.63. The number of thiazole rings is 1. The minimum atomic E-state index is -0.480. The van der Waals surface area contributed by atoms with Gasteiger partial charge in [0.25, 0.3) is 5.91 Å². The van der Waals surface area contributed by atoms with Crippen LogP contribution in [0.4, 0.5) is 0 Å². The van der Waals surface area contributed by atoms with Gasteiger partial charge >= 0.3 is 0 Å². The third-order valence-electron chi connectivity index (χ3n) is 4.70. The van der Waals surface area contributed by atoms with E-state index in [1.165, 1.54) is 11.3 Å². The van der Waals surface area contributed by atoms with Crippen LogP contribution in [0.15, 0.2) is 46.9 Å². The maximum Gasteiger partial charge on any atom is 0.267 e. The maximum atomic E-state index is 13.2. The summed E-state index contributed by atoms with van der Waals surface area (Å²) in [6, 6.07) is 13.0. The summed E-state index contributed by atoms with van der Waals surface area (Å²) in [6.07, 6.45) is 0. The van der Waals surface area contributed by atoms with Crippen molar-refractivity contribution in [1.82, 2.24) is 15.2 Å². The zero-order valence-electron chi connectivity index (χ0n) is 16.2. The molecule has 1 N–H and O–H groups in total. The number of nitrogens with zero attached hydrogens (tertiary/aromatic N) is 2. The van der Waals surface area contributed by atoms with E-state index < -0.39 is 6.04 Å². The van der Waals surface area contributed by atoms with Crippen molar-refractivity contribution in [3.05, 3.63) is 64.4 Å². The fourth-order valence-electron chi connectivity index (χ4n) is 3.14. The second-order valence-electron chi connectivity index (χ2n) is 6.84. The number of rotatable bonds is 5. The van der Waals surface area contributed by atoms with Crippen LogP contribution in [-0.4, -0.2) is 39.4 Å². The van der Waals surface area contributed by atoms with E-state index in [0.29, 0.717) is 39.5 Å². The number of carbonyl (C=O) groups excluding carboxylic acids is 2. The zero-order chi connectivity index (χ0) is 20.4. The number of amides is 2. The van der Waals surface area contributed by atoms with Crippen molar-refractivity contribution in [1.29, 1.82) is 0 Å². The highest BCUT2D eigenvalue weighted by Crippen LogP contribution is 2.32. The van der Waals surface area contributed by atoms with E-state index in [0.717, 1.165) is 11.3 Å². The third-order valence-corrected chi connectivity index (χ3v) is 6.87. The van der Waals surface area contributed by atoms with E-state index in [2.05, 4.69) is 10.3 Å². The topological polar surface area (TPSA) is 75.4 Å². The van der Waals surface area contributed by atoms with Gasteiger partial charge in [-0.1, -0.05) is 30.3 Å². The Morgan fingerprint density at radius 2 is 2.00 bits per heavy atom. The first-order chi connectivity index (χ1) is 14.0. The first-order valence-electron chi connectivity index (χ1n) is 9.27. The summed E-state index contributed by atoms with van der Waals surface area (Å²) in [5.41, 5.74) is 1.69. The molecule has 0 radical (unpaired) electrons. The van der Waals surface area contributed by atoms with E-state index >= 15 is 0 Å². The molecule has 1 unspecified atom stereocenters. The molecule has 0 aliphatic carbocycles. The quantitative estimate of drug-likeness (QED) is 0.669. The molecule has 0 bridgehead atoms. The van der Waals surface area contributed by atoms with Crippen LogP contribution >= 0.6 is 23.1 Å². The lowest BCUT2D eigenvalue weighted by Crippen LogP contribution is -2.47. The molecule has 6 nitrogen and oxygen atoms in total. The minimum Gasteiger partial charge on any atom is -0.459 e. The van der Waals surface area contributed by atoms with Crippen molar-refractivity contribution < 1.29 is 14.0 Å². The fraction of sp³-hybridized carbons (Fsp3) is 0.286.